The van der Waals surface area contributed by atoms with Gasteiger partial charge in [0, 0.05) is 69.5 Å². The summed E-state index contributed by atoms with van der Waals surface area (Å²) in [6.07, 6.45) is 8.72. The lowest BCUT2D eigenvalue weighted by Gasteiger charge is -2.33. The van der Waals surface area contributed by atoms with Gasteiger partial charge < -0.3 is 23.7 Å². The number of nitrogens with zero attached hydrogens (tertiary/aromatic N) is 8. The molecule has 0 saturated carbocycles. The van der Waals surface area contributed by atoms with Gasteiger partial charge in [0.2, 0.25) is 11.8 Å². The van der Waals surface area contributed by atoms with Crippen molar-refractivity contribution in [3.8, 4) is 22.6 Å². The van der Waals surface area contributed by atoms with E-state index in [2.05, 4.69) is 30.4 Å². The van der Waals surface area contributed by atoms with E-state index in [1.54, 1.807) is 55.0 Å². The molecule has 0 spiro atoms. The van der Waals surface area contributed by atoms with Crippen LogP contribution >= 0.6 is 0 Å². The van der Waals surface area contributed by atoms with Gasteiger partial charge in [0.1, 0.15) is 23.2 Å². The summed E-state index contributed by atoms with van der Waals surface area (Å²) in [6, 6.07) is 9.98. The molecule has 2 saturated heterocycles. The van der Waals surface area contributed by atoms with E-state index in [1.807, 2.05) is 43.7 Å². The topological polar surface area (TPSA) is 183 Å². The Morgan fingerprint density at radius 2 is 1.63 bits per heavy atom. The van der Waals surface area contributed by atoms with Gasteiger partial charge in [-0.2, -0.15) is 0 Å². The summed E-state index contributed by atoms with van der Waals surface area (Å²) in [6.45, 7) is 3.54. The molecule has 6 heterocycles. The first-order valence-corrected chi connectivity index (χ1v) is 19.5. The van der Waals surface area contributed by atoms with Crippen molar-refractivity contribution in [1.29, 1.82) is 0 Å². The van der Waals surface area contributed by atoms with Crippen molar-refractivity contribution in [2.45, 2.75) is 57.5 Å². The van der Waals surface area contributed by atoms with E-state index in [-0.39, 0.29) is 35.6 Å². The van der Waals surface area contributed by atoms with Crippen LogP contribution in [-0.2, 0) is 41.1 Å². The van der Waals surface area contributed by atoms with E-state index < -0.39 is 29.7 Å². The van der Waals surface area contributed by atoms with Crippen LogP contribution in [0.5, 0.6) is 11.5 Å². The van der Waals surface area contributed by atoms with Gasteiger partial charge in [-0.3, -0.25) is 48.8 Å². The van der Waals surface area contributed by atoms with Crippen molar-refractivity contribution < 1.29 is 33.4 Å². The van der Waals surface area contributed by atoms with Crippen LogP contribution in [0.3, 0.4) is 0 Å². The number of piperidine rings is 2. The van der Waals surface area contributed by atoms with Crippen molar-refractivity contribution in [2.24, 2.45) is 7.05 Å². The van der Waals surface area contributed by atoms with Gasteiger partial charge in [-0.05, 0) is 73.7 Å². The van der Waals surface area contributed by atoms with Crippen LogP contribution < -0.4 is 25.2 Å². The summed E-state index contributed by atoms with van der Waals surface area (Å²) in [5.41, 5.74) is 4.60. The normalized spacial score (nSPS) is 17.3. The second-order valence-electron chi connectivity index (χ2n) is 15.1. The fourth-order valence-electron chi connectivity index (χ4n) is 8.11. The third-order valence-corrected chi connectivity index (χ3v) is 11.3. The molecule has 59 heavy (non-hydrogen) atoms. The van der Waals surface area contributed by atoms with Crippen LogP contribution in [0, 0.1) is 0 Å². The molecule has 0 bridgehead atoms. The van der Waals surface area contributed by atoms with E-state index in [0.717, 1.165) is 51.2 Å². The summed E-state index contributed by atoms with van der Waals surface area (Å²) in [5.74, 6) is -0.720. The average Bonchev–Trinajstić information content (AvgIpc) is 3.81. The minimum Gasteiger partial charge on any atom is -0.496 e. The molecular weight excluding hydrogens is 759 g/mol. The Balaban J connectivity index is 0.829. The number of pyridine rings is 2. The molecule has 3 aliphatic rings. The zero-order valence-electron chi connectivity index (χ0n) is 33.3. The Morgan fingerprint density at radius 1 is 0.881 bits per heavy atom. The van der Waals surface area contributed by atoms with E-state index >= 15 is 0 Å². The molecule has 1 unspecified atom stereocenters. The number of amides is 4. The van der Waals surface area contributed by atoms with Crippen LogP contribution in [0.2, 0.25) is 0 Å². The molecule has 8 rings (SSSR count). The summed E-state index contributed by atoms with van der Waals surface area (Å²) in [7, 11) is 7.01. The number of hydrogen-bond acceptors (Lipinski definition) is 13. The van der Waals surface area contributed by atoms with Crippen LogP contribution in [-0.4, -0.2) is 111 Å². The van der Waals surface area contributed by atoms with Crippen molar-refractivity contribution in [1.82, 2.24) is 39.7 Å². The molecule has 0 aliphatic carbocycles. The maximum Gasteiger partial charge on any atom is 0.262 e. The minimum atomic E-state index is -0.995. The van der Waals surface area contributed by atoms with Crippen LogP contribution in [0.4, 0.5) is 5.69 Å². The van der Waals surface area contributed by atoms with Gasteiger partial charge in [-0.15, -0.1) is 5.10 Å². The number of benzene rings is 2. The average molecular weight is 804 g/mol. The molecule has 1 N–H and O–H groups in total. The predicted molar refractivity (Wildman–Crippen MR) is 215 cm³/mol. The first-order chi connectivity index (χ1) is 28.5. The number of aromatic nitrogens is 5. The van der Waals surface area contributed by atoms with E-state index in [1.165, 1.54) is 0 Å². The number of likely N-dealkylation sites (N-methyl/N-ethyl adjacent to an activating group) is 1. The summed E-state index contributed by atoms with van der Waals surface area (Å²) in [5, 5.41) is 12.2. The number of methoxy groups -OCH3 is 2. The second kappa shape index (κ2) is 16.4. The van der Waals surface area contributed by atoms with Crippen molar-refractivity contribution >= 4 is 40.1 Å². The zero-order valence-corrected chi connectivity index (χ0v) is 33.3. The highest BCUT2D eigenvalue weighted by Crippen LogP contribution is 2.38. The summed E-state index contributed by atoms with van der Waals surface area (Å²) in [4.78, 5) is 72.7. The molecule has 1 atom stereocenters. The Morgan fingerprint density at radius 3 is 2.36 bits per heavy atom. The highest BCUT2D eigenvalue weighted by Gasteiger charge is 2.45. The lowest BCUT2D eigenvalue weighted by atomic mass is 9.99. The number of rotatable bonds is 13. The Labute approximate surface area is 339 Å². The molecule has 2 fully saturated rings. The van der Waals surface area contributed by atoms with Crippen molar-refractivity contribution in [3.63, 3.8) is 0 Å². The third kappa shape index (κ3) is 7.78. The third-order valence-electron chi connectivity index (χ3n) is 11.3. The lowest BCUT2D eigenvalue weighted by molar-refractivity contribution is -0.136. The molecule has 17 nitrogen and oxygen atoms in total. The van der Waals surface area contributed by atoms with Gasteiger partial charge in [0.05, 0.1) is 61.7 Å². The molecule has 3 aromatic heterocycles. The van der Waals surface area contributed by atoms with E-state index in [4.69, 9.17) is 14.2 Å². The smallest absolute Gasteiger partial charge is 0.262 e. The maximum absolute atomic E-state index is 13.3. The SMILES string of the molecule is COc1cc(-c2cn(C)c(=O)c3cnccc23)cc(OC)c1CN(C)CCn1cc(COC2CCN(c3ccc4c(c3)C(=O)N(C3CCC(=O)NC3=O)C4=O)CC2)nn1. The quantitative estimate of drug-likeness (QED) is 0.172. The number of carbonyl (C=O) groups excluding carboxylic acids is 4. The largest absolute Gasteiger partial charge is 0.496 e. The fourth-order valence-corrected chi connectivity index (χ4v) is 8.11. The van der Waals surface area contributed by atoms with Crippen LogP contribution in [0.25, 0.3) is 21.9 Å². The molecule has 0 radical (unpaired) electrons. The van der Waals surface area contributed by atoms with Crippen LogP contribution in [0.1, 0.15) is 57.7 Å². The van der Waals surface area contributed by atoms with Gasteiger partial charge in [-0.1, -0.05) is 5.21 Å². The van der Waals surface area contributed by atoms with Gasteiger partial charge >= 0.3 is 0 Å². The molecule has 3 aliphatic heterocycles. The standard InChI is InChI=1S/C42H45N9O8/c1-47(22-34-36(57-3)17-25(18-37(34)58-4)33-23-48(2)40(54)32-20-43-12-9-29(32)33)15-16-50-21-26(45-46-50)24-59-28-10-13-49(14-11-28)27-5-6-30-31(19-27)42(56)51(41(30)55)35-7-8-38(52)44-39(35)53/h5-6,9,12,17-21,23,28,35H,7-8,10-11,13-16,22,24H2,1-4H3,(H,44,52,53). The Bertz CT molecular complexity index is 2500. The van der Waals surface area contributed by atoms with Gasteiger partial charge in [0.25, 0.3) is 17.4 Å². The zero-order chi connectivity index (χ0) is 41.4. The Kier molecular flexibility index (Phi) is 11.0. The highest BCUT2D eigenvalue weighted by molar-refractivity contribution is 6.23. The number of anilines is 1. The number of fused-ring (bicyclic) bond motifs is 2. The summed E-state index contributed by atoms with van der Waals surface area (Å²) < 4.78 is 21.3. The fraction of sp³-hybridized carbons (Fsp3) is 0.381. The predicted octanol–water partition coefficient (Wildman–Crippen LogP) is 2.93. The molecule has 17 heteroatoms. The van der Waals surface area contributed by atoms with Crippen molar-refractivity contribution in [3.05, 3.63) is 93.9 Å². The van der Waals surface area contributed by atoms with E-state index in [9.17, 15) is 24.0 Å². The molecule has 306 valence electrons. The first-order valence-electron chi connectivity index (χ1n) is 19.5. The first kappa shape index (κ1) is 39.4. The number of ether oxygens (including phenoxy) is 3. The number of imide groups is 2. The molecule has 2 aromatic carbocycles. The highest BCUT2D eigenvalue weighted by atomic mass is 16.5. The van der Waals surface area contributed by atoms with E-state index in [0.29, 0.717) is 56.2 Å². The maximum atomic E-state index is 13.3. The van der Waals surface area contributed by atoms with Gasteiger partial charge in [-0.25, -0.2) is 0 Å². The second-order valence-corrected chi connectivity index (χ2v) is 15.1. The molecule has 4 amide bonds. The Hall–Kier alpha value is -6.46. The van der Waals surface area contributed by atoms with Crippen LogP contribution in [0.15, 0.2) is 66.0 Å². The number of aryl methyl sites for hydroxylation is 1. The molecule has 5 aromatic rings. The number of hydrogen-bond donors (Lipinski definition) is 1. The van der Waals surface area contributed by atoms with Crippen molar-refractivity contribution in [2.75, 3.05) is 45.8 Å². The number of nitrogens with one attached hydrogen (secondary N) is 1. The minimum absolute atomic E-state index is 0.0177. The monoisotopic (exact) mass is 803 g/mol. The summed E-state index contributed by atoms with van der Waals surface area (Å²) >= 11 is 0. The van der Waals surface area contributed by atoms with Gasteiger partial charge in [0.15, 0.2) is 0 Å². The lowest BCUT2D eigenvalue weighted by Crippen LogP contribution is -2.54. The molecular formula is C42H45N9O8. The number of carbonyl (C=O) groups is 4.